The van der Waals surface area contributed by atoms with Crippen molar-refractivity contribution in [2.24, 2.45) is 11.8 Å². The van der Waals surface area contributed by atoms with Gasteiger partial charge in [0.15, 0.2) is 0 Å². The fraction of sp³-hybridized carbons (Fsp3) is 0.538. The van der Waals surface area contributed by atoms with E-state index < -0.39 is 0 Å². The lowest BCUT2D eigenvalue weighted by Crippen LogP contribution is -2.53. The fourth-order valence-corrected chi connectivity index (χ4v) is 5.11. The molecule has 0 radical (unpaired) electrons. The van der Waals surface area contributed by atoms with Gasteiger partial charge in [-0.3, -0.25) is 0 Å². The van der Waals surface area contributed by atoms with E-state index >= 15 is 0 Å². The van der Waals surface area contributed by atoms with Crippen molar-refractivity contribution in [1.82, 2.24) is 0 Å². The Morgan fingerprint density at radius 3 is 2.45 bits per heavy atom. The lowest BCUT2D eigenvalue weighted by atomic mass is 9.78. The van der Waals surface area contributed by atoms with E-state index in [9.17, 15) is 9.50 Å². The number of ether oxygens (including phenoxy) is 1. The van der Waals surface area contributed by atoms with E-state index in [0.29, 0.717) is 5.92 Å². The average Bonchev–Trinajstić information content (AvgIpc) is 2.80. The second-order valence-corrected chi connectivity index (χ2v) is 9.01. The number of aliphatic hydroxyl groups excluding tert-OH is 1. The van der Waals surface area contributed by atoms with Crippen LogP contribution in [0.4, 0.5) is 15.8 Å². The number of benzene rings is 2. The molecule has 2 aromatic carbocycles. The molecule has 2 aliphatic heterocycles. The summed E-state index contributed by atoms with van der Waals surface area (Å²) in [5, 5.41) is 14.8. The Balaban J connectivity index is 1.54. The largest absolute Gasteiger partial charge is 0.393 e. The number of nitrogens with zero attached hydrogens (tertiary/aromatic N) is 1. The molecule has 0 aromatic heterocycles. The normalized spacial score (nSPS) is 23.5. The Labute approximate surface area is 185 Å². The predicted octanol–water partition coefficient (Wildman–Crippen LogP) is 4.87. The second-order valence-electron chi connectivity index (χ2n) is 9.01. The van der Waals surface area contributed by atoms with Crippen LogP contribution in [0.1, 0.15) is 38.2 Å². The molecule has 0 aliphatic carbocycles. The molecule has 4 rings (SSSR count). The van der Waals surface area contributed by atoms with Crippen molar-refractivity contribution in [3.05, 3.63) is 59.9 Å². The van der Waals surface area contributed by atoms with Crippen LogP contribution in [0.15, 0.2) is 48.5 Å². The Bertz CT molecular complexity index is 805. The second kappa shape index (κ2) is 10.5. The van der Waals surface area contributed by atoms with Gasteiger partial charge in [0.25, 0.3) is 0 Å². The first kappa shape index (κ1) is 22.1. The molecular formula is C26H35FN2O2. The Kier molecular flexibility index (Phi) is 7.46. The summed E-state index contributed by atoms with van der Waals surface area (Å²) >= 11 is 0. The number of piperidine rings is 1. The van der Waals surface area contributed by atoms with Crippen LogP contribution in [0.3, 0.4) is 0 Å². The van der Waals surface area contributed by atoms with Crippen LogP contribution >= 0.6 is 0 Å². The van der Waals surface area contributed by atoms with Gasteiger partial charge in [-0.05, 0) is 73.6 Å². The number of hydrogen-bond donors (Lipinski definition) is 2. The van der Waals surface area contributed by atoms with E-state index in [0.717, 1.165) is 69.8 Å². The number of aryl methyl sites for hydroxylation is 1. The highest BCUT2D eigenvalue weighted by Gasteiger charge is 2.38. The van der Waals surface area contributed by atoms with Gasteiger partial charge in [0.2, 0.25) is 0 Å². The maximum atomic E-state index is 13.4. The Morgan fingerprint density at radius 1 is 1.06 bits per heavy atom. The standard InChI is InChI=1S/C26H35FN2O2/c1-2-3-19-4-8-22(9-5-19)28-26(20-13-16-31-17-14-20)24-18-29(15-12-25(24)30)23-10-6-21(27)7-11-23/h4-11,20,24-26,28,30H,2-3,12-18H2,1H3/t24-,25-,26-/m1/s1. The van der Waals surface area contributed by atoms with Gasteiger partial charge in [-0.1, -0.05) is 25.5 Å². The third-order valence-electron chi connectivity index (χ3n) is 6.87. The maximum Gasteiger partial charge on any atom is 0.123 e. The summed E-state index contributed by atoms with van der Waals surface area (Å²) in [5.74, 6) is 0.333. The van der Waals surface area contributed by atoms with Gasteiger partial charge in [-0.2, -0.15) is 0 Å². The molecule has 2 fully saturated rings. The zero-order chi connectivity index (χ0) is 21.6. The van der Waals surface area contributed by atoms with Gasteiger partial charge in [-0.15, -0.1) is 0 Å². The number of anilines is 2. The summed E-state index contributed by atoms with van der Waals surface area (Å²) in [6.07, 6.45) is 4.62. The molecule has 2 heterocycles. The predicted molar refractivity (Wildman–Crippen MR) is 124 cm³/mol. The molecule has 2 N–H and O–H groups in total. The van der Waals surface area contributed by atoms with Gasteiger partial charge in [0.1, 0.15) is 5.82 Å². The van der Waals surface area contributed by atoms with Crippen LogP contribution in [-0.2, 0) is 11.2 Å². The molecule has 2 aliphatic rings. The summed E-state index contributed by atoms with van der Waals surface area (Å²) < 4.78 is 19.0. The highest BCUT2D eigenvalue weighted by molar-refractivity contribution is 5.48. The van der Waals surface area contributed by atoms with Crippen LogP contribution in [0.5, 0.6) is 0 Å². The molecular weight excluding hydrogens is 391 g/mol. The molecule has 4 nitrogen and oxygen atoms in total. The summed E-state index contributed by atoms with van der Waals surface area (Å²) in [5.41, 5.74) is 3.49. The number of aliphatic hydroxyl groups is 1. The molecule has 2 aromatic rings. The van der Waals surface area contributed by atoms with E-state index in [-0.39, 0.29) is 23.9 Å². The number of hydrogen-bond acceptors (Lipinski definition) is 4. The molecule has 2 saturated heterocycles. The van der Waals surface area contributed by atoms with Crippen LogP contribution in [0.25, 0.3) is 0 Å². The summed E-state index contributed by atoms with van der Waals surface area (Å²) in [4.78, 5) is 2.29. The molecule has 0 spiro atoms. The topological polar surface area (TPSA) is 44.7 Å². The monoisotopic (exact) mass is 426 g/mol. The molecule has 3 atom stereocenters. The van der Waals surface area contributed by atoms with Crippen LogP contribution in [0.2, 0.25) is 0 Å². The van der Waals surface area contributed by atoms with Crippen LogP contribution < -0.4 is 10.2 Å². The van der Waals surface area contributed by atoms with E-state index in [1.165, 1.54) is 17.7 Å². The van der Waals surface area contributed by atoms with Crippen molar-refractivity contribution < 1.29 is 14.2 Å². The van der Waals surface area contributed by atoms with Crippen molar-refractivity contribution in [2.75, 3.05) is 36.5 Å². The van der Waals surface area contributed by atoms with Gasteiger partial charge >= 0.3 is 0 Å². The SMILES string of the molecule is CCCc1ccc(N[C@H](C2CCOCC2)[C@@H]2CN(c3ccc(F)cc3)CC[C@H]2O)cc1. The zero-order valence-electron chi connectivity index (χ0n) is 18.5. The number of nitrogens with one attached hydrogen (secondary N) is 1. The van der Waals surface area contributed by atoms with Gasteiger partial charge in [0.05, 0.1) is 6.10 Å². The lowest BCUT2D eigenvalue weighted by Gasteiger charge is -2.45. The van der Waals surface area contributed by atoms with Crippen LogP contribution in [0, 0.1) is 17.7 Å². The van der Waals surface area contributed by atoms with Crippen LogP contribution in [-0.4, -0.2) is 43.6 Å². The van der Waals surface area contributed by atoms with Gasteiger partial charge < -0.3 is 20.1 Å². The van der Waals surface area contributed by atoms with Gasteiger partial charge in [0, 0.05) is 49.6 Å². The van der Waals surface area contributed by atoms with Crippen molar-refractivity contribution in [3.63, 3.8) is 0 Å². The molecule has 31 heavy (non-hydrogen) atoms. The summed E-state index contributed by atoms with van der Waals surface area (Å²) in [6, 6.07) is 15.6. The first-order chi connectivity index (χ1) is 15.1. The lowest BCUT2D eigenvalue weighted by molar-refractivity contribution is 0.0252. The van der Waals surface area contributed by atoms with Crippen molar-refractivity contribution >= 4 is 11.4 Å². The summed E-state index contributed by atoms with van der Waals surface area (Å²) in [6.45, 7) is 5.31. The molecule has 0 saturated carbocycles. The average molecular weight is 427 g/mol. The van der Waals surface area contributed by atoms with Crippen molar-refractivity contribution in [2.45, 2.75) is 51.2 Å². The Morgan fingerprint density at radius 2 is 1.77 bits per heavy atom. The zero-order valence-corrected chi connectivity index (χ0v) is 18.5. The molecule has 0 unspecified atom stereocenters. The van der Waals surface area contributed by atoms with Gasteiger partial charge in [-0.25, -0.2) is 4.39 Å². The molecule has 0 bridgehead atoms. The Hall–Kier alpha value is -2.11. The quantitative estimate of drug-likeness (QED) is 0.663. The molecule has 5 heteroatoms. The smallest absolute Gasteiger partial charge is 0.123 e. The minimum atomic E-state index is -0.351. The number of rotatable bonds is 7. The number of halogens is 1. The molecule has 0 amide bonds. The third-order valence-corrected chi connectivity index (χ3v) is 6.87. The first-order valence-electron chi connectivity index (χ1n) is 11.8. The van der Waals surface area contributed by atoms with E-state index in [4.69, 9.17) is 4.74 Å². The minimum absolute atomic E-state index is 0.0946. The third kappa shape index (κ3) is 5.58. The van der Waals surface area contributed by atoms with E-state index in [1.54, 1.807) is 0 Å². The highest BCUT2D eigenvalue weighted by atomic mass is 19.1. The van der Waals surface area contributed by atoms with E-state index in [1.807, 2.05) is 12.1 Å². The maximum absolute atomic E-state index is 13.4. The van der Waals surface area contributed by atoms with Crippen molar-refractivity contribution in [3.8, 4) is 0 Å². The highest BCUT2D eigenvalue weighted by Crippen LogP contribution is 2.33. The van der Waals surface area contributed by atoms with E-state index in [2.05, 4.69) is 41.4 Å². The summed E-state index contributed by atoms with van der Waals surface area (Å²) in [7, 11) is 0. The first-order valence-corrected chi connectivity index (χ1v) is 11.8. The van der Waals surface area contributed by atoms with Crippen molar-refractivity contribution in [1.29, 1.82) is 0 Å². The minimum Gasteiger partial charge on any atom is -0.393 e. The molecule has 168 valence electrons. The fourth-order valence-electron chi connectivity index (χ4n) is 5.11.